The first-order valence-corrected chi connectivity index (χ1v) is 12.2. The van der Waals surface area contributed by atoms with Crippen LogP contribution in [0.25, 0.3) is 33.4 Å². The molecule has 1 aromatic heterocycles. The largest absolute Gasteiger partial charge is 0.496 e. The van der Waals surface area contributed by atoms with Gasteiger partial charge in [0.2, 0.25) is 0 Å². The number of nitrogens with one attached hydrogen (secondary N) is 2. The summed E-state index contributed by atoms with van der Waals surface area (Å²) in [7, 11) is 3.07. The fourth-order valence-corrected chi connectivity index (χ4v) is 5.56. The molecule has 0 spiro atoms. The van der Waals surface area contributed by atoms with Crippen LogP contribution in [0.1, 0.15) is 40.0 Å². The summed E-state index contributed by atoms with van der Waals surface area (Å²) in [5.41, 5.74) is 9.87. The van der Waals surface area contributed by atoms with Gasteiger partial charge in [0.05, 0.1) is 18.2 Å². The monoisotopic (exact) mass is 499 g/mol. The molecule has 3 aromatic carbocycles. The average Bonchev–Trinajstić information content (AvgIpc) is 3.22. The topological polar surface area (TPSA) is 107 Å². The van der Waals surface area contributed by atoms with Gasteiger partial charge in [-0.3, -0.25) is 9.59 Å². The third-order valence-corrected chi connectivity index (χ3v) is 7.59. The summed E-state index contributed by atoms with van der Waals surface area (Å²) in [5.74, 6) is 0.622. The van der Waals surface area contributed by atoms with Gasteiger partial charge in [-0.1, -0.05) is 6.07 Å². The fourth-order valence-electron chi connectivity index (χ4n) is 5.56. The molecule has 4 N–H and O–H groups in total. The van der Waals surface area contributed by atoms with Crippen LogP contribution in [-0.2, 0) is 0 Å². The molecule has 3 aliphatic rings. The highest BCUT2D eigenvalue weighted by Crippen LogP contribution is 2.57. The Morgan fingerprint density at radius 2 is 1.73 bits per heavy atom. The lowest BCUT2D eigenvalue weighted by atomic mass is 9.50. The predicted molar refractivity (Wildman–Crippen MR) is 139 cm³/mol. The minimum absolute atomic E-state index is 0.0728. The van der Waals surface area contributed by atoms with Gasteiger partial charge in [0, 0.05) is 40.9 Å². The molecule has 4 aromatic rings. The zero-order chi connectivity index (χ0) is 25.9. The van der Waals surface area contributed by atoms with Crippen molar-refractivity contribution in [3.05, 3.63) is 71.5 Å². The summed E-state index contributed by atoms with van der Waals surface area (Å²) in [5, 5.41) is 6.40. The van der Waals surface area contributed by atoms with Crippen molar-refractivity contribution < 1.29 is 23.1 Å². The fraction of sp³-hybridized carbons (Fsp3) is 0.241. The summed E-state index contributed by atoms with van der Waals surface area (Å²) < 4.78 is 25.0. The molecular formula is C29H26FN3O4. The van der Waals surface area contributed by atoms with Crippen LogP contribution in [0.2, 0.25) is 0 Å². The quantitative estimate of drug-likeness (QED) is 0.319. The number of hydrogen-bond acceptors (Lipinski definition) is 5. The number of rotatable bonds is 6. The number of benzene rings is 3. The molecule has 188 valence electrons. The highest BCUT2D eigenvalue weighted by molar-refractivity contribution is 6.13. The Hall–Kier alpha value is -4.33. The van der Waals surface area contributed by atoms with E-state index in [4.69, 9.17) is 14.9 Å². The predicted octanol–water partition coefficient (Wildman–Crippen LogP) is 5.14. The van der Waals surface area contributed by atoms with E-state index in [0.717, 1.165) is 25.2 Å². The normalized spacial score (nSPS) is 19.6. The van der Waals surface area contributed by atoms with Gasteiger partial charge in [0.15, 0.2) is 0 Å². The van der Waals surface area contributed by atoms with Gasteiger partial charge in [0.1, 0.15) is 22.9 Å². The number of amides is 2. The summed E-state index contributed by atoms with van der Waals surface area (Å²) in [6, 6.07) is 14.5. The molecule has 0 unspecified atom stereocenters. The molecule has 2 bridgehead atoms. The molecule has 3 saturated carbocycles. The van der Waals surface area contributed by atoms with E-state index in [1.165, 1.54) is 26.3 Å². The molecular weight excluding hydrogens is 473 g/mol. The maximum absolute atomic E-state index is 13.5. The third-order valence-electron chi connectivity index (χ3n) is 7.59. The molecule has 8 heteroatoms. The molecule has 0 saturated heterocycles. The van der Waals surface area contributed by atoms with E-state index in [1.807, 2.05) is 6.07 Å². The van der Waals surface area contributed by atoms with E-state index in [-0.39, 0.29) is 23.2 Å². The van der Waals surface area contributed by atoms with Crippen LogP contribution in [0.3, 0.4) is 0 Å². The summed E-state index contributed by atoms with van der Waals surface area (Å²) in [6.07, 6.45) is 3.09. The van der Waals surface area contributed by atoms with E-state index < -0.39 is 0 Å². The third kappa shape index (κ3) is 3.71. The lowest BCUT2D eigenvalue weighted by Crippen LogP contribution is -2.68. The number of nitrogens with two attached hydrogens (primary N) is 1. The Bertz CT molecular complexity index is 1560. The maximum atomic E-state index is 13.5. The van der Waals surface area contributed by atoms with E-state index in [2.05, 4.69) is 10.6 Å². The summed E-state index contributed by atoms with van der Waals surface area (Å²) in [4.78, 5) is 26.1. The number of halogens is 1. The molecule has 0 atom stereocenters. The van der Waals surface area contributed by atoms with E-state index in [0.29, 0.717) is 56.0 Å². The first-order valence-electron chi connectivity index (χ1n) is 12.2. The van der Waals surface area contributed by atoms with Gasteiger partial charge in [-0.2, -0.15) is 0 Å². The van der Waals surface area contributed by atoms with E-state index >= 15 is 0 Å². The van der Waals surface area contributed by atoms with Crippen molar-refractivity contribution in [2.45, 2.75) is 24.8 Å². The molecule has 7 rings (SSSR count). The number of carbonyl (C=O) groups excluding carboxylic acids is 2. The van der Waals surface area contributed by atoms with Crippen LogP contribution < -0.4 is 21.1 Å². The standard InChI is InChI=1S/C29H26FN3O4/c1-32-28(35)25-20-10-19(22(31)11-24(20)37-26(25)16-3-6-18(30)7-4-16)17-5-8-23(36-2)21(9-17)27(34)33-29-12-15(13-29)14-29/h3-11,15H,12-14,31H2,1-2H3,(H,32,35)(H,33,34). The summed E-state index contributed by atoms with van der Waals surface area (Å²) >= 11 is 0. The van der Waals surface area contributed by atoms with Crippen molar-refractivity contribution >= 4 is 28.5 Å². The minimum atomic E-state index is -0.388. The van der Waals surface area contributed by atoms with Crippen molar-refractivity contribution in [2.24, 2.45) is 5.92 Å². The SMILES string of the molecule is CNC(=O)c1c(-c2ccc(F)cc2)oc2cc(N)c(-c3ccc(OC)c(C(=O)NC45CC(C4)C5)c3)cc12. The van der Waals surface area contributed by atoms with Crippen LogP contribution >= 0.6 is 0 Å². The second-order valence-corrected chi connectivity index (χ2v) is 9.96. The zero-order valence-electron chi connectivity index (χ0n) is 20.5. The van der Waals surface area contributed by atoms with Gasteiger partial charge in [-0.25, -0.2) is 4.39 Å². The second kappa shape index (κ2) is 8.37. The Morgan fingerprint density at radius 1 is 1.03 bits per heavy atom. The van der Waals surface area contributed by atoms with Crippen LogP contribution in [-0.4, -0.2) is 31.5 Å². The second-order valence-electron chi connectivity index (χ2n) is 9.96. The Labute approximate surface area is 212 Å². The van der Waals surface area contributed by atoms with Crippen LogP contribution in [0, 0.1) is 11.7 Å². The Morgan fingerprint density at radius 3 is 2.35 bits per heavy atom. The molecule has 37 heavy (non-hydrogen) atoms. The first-order chi connectivity index (χ1) is 17.8. The van der Waals surface area contributed by atoms with Gasteiger partial charge < -0.3 is 25.5 Å². The van der Waals surface area contributed by atoms with Crippen LogP contribution in [0.5, 0.6) is 5.75 Å². The van der Waals surface area contributed by atoms with Crippen LogP contribution in [0.4, 0.5) is 10.1 Å². The van der Waals surface area contributed by atoms with Crippen molar-refractivity contribution in [2.75, 3.05) is 19.9 Å². The van der Waals surface area contributed by atoms with Gasteiger partial charge >= 0.3 is 0 Å². The molecule has 0 aliphatic heterocycles. The number of nitrogen functional groups attached to an aromatic ring is 1. The Kier molecular flexibility index (Phi) is 5.22. The lowest BCUT2D eigenvalue weighted by molar-refractivity contribution is -0.0439. The van der Waals surface area contributed by atoms with E-state index in [9.17, 15) is 14.0 Å². The minimum Gasteiger partial charge on any atom is -0.496 e. The maximum Gasteiger partial charge on any atom is 0.255 e. The van der Waals surface area contributed by atoms with E-state index in [1.54, 1.807) is 36.4 Å². The van der Waals surface area contributed by atoms with Gasteiger partial charge in [-0.05, 0) is 73.2 Å². The molecule has 1 heterocycles. The number of furan rings is 1. The molecule has 3 aliphatic carbocycles. The van der Waals surface area contributed by atoms with Crippen molar-refractivity contribution in [3.8, 4) is 28.2 Å². The molecule has 0 radical (unpaired) electrons. The highest BCUT2D eigenvalue weighted by atomic mass is 19.1. The first kappa shape index (κ1) is 23.1. The lowest BCUT2D eigenvalue weighted by Gasteiger charge is -2.61. The smallest absolute Gasteiger partial charge is 0.255 e. The number of hydrogen-bond donors (Lipinski definition) is 3. The zero-order valence-corrected chi connectivity index (χ0v) is 20.5. The molecule has 7 nitrogen and oxygen atoms in total. The van der Waals surface area contributed by atoms with Crippen molar-refractivity contribution in [3.63, 3.8) is 0 Å². The Balaban J connectivity index is 1.46. The number of fused-ring (bicyclic) bond motifs is 1. The number of anilines is 1. The van der Waals surface area contributed by atoms with Gasteiger partial charge in [0.25, 0.3) is 11.8 Å². The number of carbonyl (C=O) groups is 2. The molecule has 3 fully saturated rings. The van der Waals surface area contributed by atoms with Crippen molar-refractivity contribution in [1.82, 2.24) is 10.6 Å². The molecule has 2 amide bonds. The summed E-state index contributed by atoms with van der Waals surface area (Å²) in [6.45, 7) is 0. The van der Waals surface area contributed by atoms with Gasteiger partial charge in [-0.15, -0.1) is 0 Å². The highest BCUT2D eigenvalue weighted by Gasteiger charge is 2.57. The van der Waals surface area contributed by atoms with Crippen molar-refractivity contribution in [1.29, 1.82) is 0 Å². The number of methoxy groups -OCH3 is 1. The number of ether oxygens (including phenoxy) is 1. The average molecular weight is 500 g/mol. The van der Waals surface area contributed by atoms with Crippen LogP contribution in [0.15, 0.2) is 59.0 Å².